The molecule has 0 aliphatic heterocycles. The van der Waals surface area contributed by atoms with Gasteiger partial charge in [-0.3, -0.25) is 9.59 Å². The molecule has 2 aromatic rings. The van der Waals surface area contributed by atoms with Crippen molar-refractivity contribution in [3.63, 3.8) is 0 Å². The van der Waals surface area contributed by atoms with E-state index < -0.39 is 29.8 Å². The summed E-state index contributed by atoms with van der Waals surface area (Å²) < 4.78 is 39.0. The summed E-state index contributed by atoms with van der Waals surface area (Å²) in [6.45, 7) is -0.406. The van der Waals surface area contributed by atoms with Crippen molar-refractivity contribution in [1.29, 1.82) is 0 Å². The Bertz CT molecular complexity index is 803. The van der Waals surface area contributed by atoms with Crippen LogP contribution in [0.2, 0.25) is 5.02 Å². The third-order valence-electron chi connectivity index (χ3n) is 2.89. The predicted octanol–water partition coefficient (Wildman–Crippen LogP) is 2.74. The van der Waals surface area contributed by atoms with E-state index in [4.69, 9.17) is 17.3 Å². The molecule has 3 N–H and O–H groups in total. The first-order chi connectivity index (χ1) is 10.7. The molecule has 0 fully saturated rings. The van der Waals surface area contributed by atoms with Gasteiger partial charge in [0.15, 0.2) is 0 Å². The van der Waals surface area contributed by atoms with Crippen LogP contribution >= 0.6 is 11.6 Å². The summed E-state index contributed by atoms with van der Waals surface area (Å²) >= 11 is 5.78. The Kier molecular flexibility index (Phi) is 4.65. The van der Waals surface area contributed by atoms with Crippen LogP contribution in [0.4, 0.5) is 24.5 Å². The molecule has 5 nitrogen and oxygen atoms in total. The standard InChI is InChI=1S/C14H11ClF3N3O2/c15-10-3-1-8(14(16,17)18)5-11(10)20-12(22)7-21-6-9(19)2-4-13(21)23/h1-6H,7,19H2,(H,20,22). The van der Waals surface area contributed by atoms with Gasteiger partial charge in [0, 0.05) is 18.0 Å². The summed E-state index contributed by atoms with van der Waals surface area (Å²) in [5.74, 6) is -0.709. The van der Waals surface area contributed by atoms with E-state index in [-0.39, 0.29) is 16.4 Å². The van der Waals surface area contributed by atoms with Crippen molar-refractivity contribution in [2.24, 2.45) is 0 Å². The summed E-state index contributed by atoms with van der Waals surface area (Å²) in [4.78, 5) is 23.5. The number of rotatable bonds is 3. The number of anilines is 2. The third kappa shape index (κ3) is 4.26. The maximum Gasteiger partial charge on any atom is 0.416 e. The number of amides is 1. The van der Waals surface area contributed by atoms with Gasteiger partial charge in [-0.15, -0.1) is 0 Å². The highest BCUT2D eigenvalue weighted by Crippen LogP contribution is 2.33. The van der Waals surface area contributed by atoms with E-state index in [0.29, 0.717) is 0 Å². The maximum atomic E-state index is 12.7. The smallest absolute Gasteiger partial charge is 0.398 e. The Balaban J connectivity index is 2.20. The molecule has 122 valence electrons. The van der Waals surface area contributed by atoms with Crippen molar-refractivity contribution < 1.29 is 18.0 Å². The average Bonchev–Trinajstić information content (AvgIpc) is 2.44. The zero-order valence-electron chi connectivity index (χ0n) is 11.5. The first-order valence-electron chi connectivity index (χ1n) is 6.29. The van der Waals surface area contributed by atoms with E-state index in [9.17, 15) is 22.8 Å². The number of hydrogen-bond acceptors (Lipinski definition) is 3. The van der Waals surface area contributed by atoms with E-state index in [0.717, 1.165) is 22.8 Å². The molecular formula is C14H11ClF3N3O2. The van der Waals surface area contributed by atoms with Crippen molar-refractivity contribution in [2.75, 3.05) is 11.1 Å². The summed E-state index contributed by atoms with van der Waals surface area (Å²) in [5, 5.41) is 2.20. The van der Waals surface area contributed by atoms with Crippen LogP contribution < -0.4 is 16.6 Å². The number of hydrogen-bond donors (Lipinski definition) is 2. The molecule has 9 heteroatoms. The number of halogens is 4. The largest absolute Gasteiger partial charge is 0.416 e. The highest BCUT2D eigenvalue weighted by atomic mass is 35.5. The molecule has 0 aliphatic rings. The first kappa shape index (κ1) is 16.9. The molecule has 0 atom stereocenters. The van der Waals surface area contributed by atoms with Crippen LogP contribution in [0.15, 0.2) is 41.3 Å². The molecule has 23 heavy (non-hydrogen) atoms. The molecule has 2 rings (SSSR count). The molecule has 0 radical (unpaired) electrons. The molecular weight excluding hydrogens is 335 g/mol. The average molecular weight is 346 g/mol. The fourth-order valence-electron chi connectivity index (χ4n) is 1.82. The van der Waals surface area contributed by atoms with E-state index in [1.54, 1.807) is 0 Å². The number of benzene rings is 1. The number of nitrogen functional groups attached to an aromatic ring is 1. The summed E-state index contributed by atoms with van der Waals surface area (Å²) in [7, 11) is 0. The summed E-state index contributed by atoms with van der Waals surface area (Å²) in [6.07, 6.45) is -3.30. The van der Waals surface area contributed by atoms with Gasteiger partial charge in [-0.25, -0.2) is 0 Å². The van der Waals surface area contributed by atoms with Crippen LogP contribution in [0.1, 0.15) is 5.56 Å². The Labute approximate surface area is 133 Å². The molecule has 0 bridgehead atoms. The molecule has 0 saturated heterocycles. The van der Waals surface area contributed by atoms with Crippen LogP contribution in [0.25, 0.3) is 0 Å². The lowest BCUT2D eigenvalue weighted by atomic mass is 10.2. The Morgan fingerprint density at radius 3 is 2.61 bits per heavy atom. The number of carbonyl (C=O) groups excluding carboxylic acids is 1. The minimum absolute atomic E-state index is 0.0497. The second-order valence-corrected chi connectivity index (χ2v) is 5.08. The van der Waals surface area contributed by atoms with Gasteiger partial charge in [0.1, 0.15) is 6.54 Å². The molecule has 0 saturated carbocycles. The zero-order chi connectivity index (χ0) is 17.2. The molecule has 1 aromatic carbocycles. The monoisotopic (exact) mass is 345 g/mol. The van der Waals surface area contributed by atoms with Gasteiger partial charge in [-0.1, -0.05) is 11.6 Å². The van der Waals surface area contributed by atoms with Gasteiger partial charge in [-0.05, 0) is 24.3 Å². The molecule has 0 spiro atoms. The second-order valence-electron chi connectivity index (χ2n) is 4.67. The number of nitrogens with two attached hydrogens (primary N) is 1. The van der Waals surface area contributed by atoms with E-state index in [1.165, 1.54) is 18.3 Å². The van der Waals surface area contributed by atoms with Crippen LogP contribution in [0.3, 0.4) is 0 Å². The van der Waals surface area contributed by atoms with Gasteiger partial charge in [0.05, 0.1) is 16.3 Å². The first-order valence-corrected chi connectivity index (χ1v) is 6.67. The Morgan fingerprint density at radius 2 is 1.96 bits per heavy atom. The molecule has 1 aromatic heterocycles. The highest BCUT2D eigenvalue weighted by molar-refractivity contribution is 6.33. The van der Waals surface area contributed by atoms with Crippen molar-refractivity contribution in [3.05, 3.63) is 57.5 Å². The fraction of sp³-hybridized carbons (Fsp3) is 0.143. The van der Waals surface area contributed by atoms with Gasteiger partial charge in [-0.2, -0.15) is 13.2 Å². The summed E-state index contributed by atoms with van der Waals surface area (Å²) in [6, 6.07) is 5.12. The molecule has 1 amide bonds. The number of alkyl halides is 3. The number of aromatic nitrogens is 1. The van der Waals surface area contributed by atoms with Crippen LogP contribution in [-0.4, -0.2) is 10.5 Å². The quantitative estimate of drug-likeness (QED) is 0.898. The van der Waals surface area contributed by atoms with Crippen molar-refractivity contribution in [1.82, 2.24) is 4.57 Å². The zero-order valence-corrected chi connectivity index (χ0v) is 12.3. The van der Waals surface area contributed by atoms with Crippen LogP contribution in [-0.2, 0) is 17.5 Å². The maximum absolute atomic E-state index is 12.7. The van der Waals surface area contributed by atoms with E-state index in [1.807, 2.05) is 0 Å². The normalized spacial score (nSPS) is 11.3. The fourth-order valence-corrected chi connectivity index (χ4v) is 1.98. The minimum atomic E-state index is -4.56. The lowest BCUT2D eigenvalue weighted by Crippen LogP contribution is -2.27. The Hall–Kier alpha value is -2.48. The van der Waals surface area contributed by atoms with Crippen molar-refractivity contribution in [3.8, 4) is 0 Å². The van der Waals surface area contributed by atoms with Gasteiger partial charge in [0.25, 0.3) is 5.56 Å². The molecule has 0 aliphatic carbocycles. The summed E-state index contributed by atoms with van der Waals surface area (Å²) in [5.41, 5.74) is 4.18. The lowest BCUT2D eigenvalue weighted by molar-refractivity contribution is -0.137. The lowest BCUT2D eigenvalue weighted by Gasteiger charge is -2.12. The van der Waals surface area contributed by atoms with E-state index in [2.05, 4.69) is 5.32 Å². The second kappa shape index (κ2) is 6.33. The topological polar surface area (TPSA) is 77.1 Å². The minimum Gasteiger partial charge on any atom is -0.398 e. The van der Waals surface area contributed by atoms with Gasteiger partial charge < -0.3 is 15.6 Å². The highest BCUT2D eigenvalue weighted by Gasteiger charge is 2.31. The molecule has 1 heterocycles. The van der Waals surface area contributed by atoms with Crippen molar-refractivity contribution in [2.45, 2.75) is 12.7 Å². The number of carbonyl (C=O) groups is 1. The van der Waals surface area contributed by atoms with Crippen LogP contribution in [0.5, 0.6) is 0 Å². The predicted molar refractivity (Wildman–Crippen MR) is 80.2 cm³/mol. The van der Waals surface area contributed by atoms with Gasteiger partial charge >= 0.3 is 6.18 Å². The van der Waals surface area contributed by atoms with Crippen LogP contribution in [0, 0.1) is 0 Å². The Morgan fingerprint density at radius 1 is 1.26 bits per heavy atom. The van der Waals surface area contributed by atoms with Crippen molar-refractivity contribution >= 4 is 28.9 Å². The molecule has 0 unspecified atom stereocenters. The SMILES string of the molecule is Nc1ccc(=O)n(CC(=O)Nc2cc(C(F)(F)F)ccc2Cl)c1. The third-order valence-corrected chi connectivity index (χ3v) is 3.22. The van der Waals surface area contributed by atoms with Gasteiger partial charge in [0.2, 0.25) is 5.91 Å². The van der Waals surface area contributed by atoms with E-state index >= 15 is 0 Å². The number of pyridine rings is 1. The number of nitrogens with zero attached hydrogens (tertiary/aromatic N) is 1. The number of nitrogens with one attached hydrogen (secondary N) is 1.